The molecule has 10 heteroatoms. The van der Waals surface area contributed by atoms with Crippen molar-refractivity contribution in [2.24, 2.45) is 5.84 Å². The monoisotopic (exact) mass is 302 g/mol. The van der Waals surface area contributed by atoms with Crippen molar-refractivity contribution in [3.8, 4) is 0 Å². The number of nitro benzene ring substituents is 1. The molecule has 0 unspecified atom stereocenters. The molecule has 1 rings (SSSR count). The van der Waals surface area contributed by atoms with Gasteiger partial charge >= 0.3 is 0 Å². The number of nitrogens with two attached hydrogens (primary N) is 1. The van der Waals surface area contributed by atoms with Gasteiger partial charge in [-0.3, -0.25) is 20.8 Å². The number of aliphatic hydroxyl groups is 2. The second-order valence-electron chi connectivity index (χ2n) is 3.99. The van der Waals surface area contributed by atoms with Crippen LogP contribution < -0.4 is 11.3 Å². The topological polar surface area (TPSA) is 142 Å². The van der Waals surface area contributed by atoms with Crippen LogP contribution >= 0.6 is 0 Å². The zero-order valence-corrected chi connectivity index (χ0v) is 11.0. The highest BCUT2D eigenvalue weighted by molar-refractivity contribution is 5.99. The molecule has 0 saturated carbocycles. The second-order valence-corrected chi connectivity index (χ2v) is 3.99. The van der Waals surface area contributed by atoms with E-state index in [1.807, 2.05) is 5.43 Å². The summed E-state index contributed by atoms with van der Waals surface area (Å²) in [5.41, 5.74) is 0.595. The highest BCUT2D eigenvalue weighted by atomic mass is 19.1. The summed E-state index contributed by atoms with van der Waals surface area (Å²) in [4.78, 5) is 23.3. The van der Waals surface area contributed by atoms with Gasteiger partial charge in [0.05, 0.1) is 29.9 Å². The Bertz CT molecular complexity index is 534. The minimum absolute atomic E-state index is 0.126. The number of nitrogens with one attached hydrogen (secondary N) is 1. The third kappa shape index (κ3) is 3.84. The maximum Gasteiger partial charge on any atom is 0.285 e. The van der Waals surface area contributed by atoms with Crippen LogP contribution in [-0.4, -0.2) is 52.2 Å². The minimum Gasteiger partial charge on any atom is -0.395 e. The van der Waals surface area contributed by atoms with Crippen LogP contribution in [0.1, 0.15) is 10.4 Å². The van der Waals surface area contributed by atoms with E-state index in [9.17, 15) is 19.3 Å². The van der Waals surface area contributed by atoms with E-state index < -0.39 is 27.9 Å². The molecule has 21 heavy (non-hydrogen) atoms. The smallest absolute Gasteiger partial charge is 0.285 e. The van der Waals surface area contributed by atoms with E-state index in [0.29, 0.717) is 6.07 Å². The molecule has 0 radical (unpaired) electrons. The molecule has 1 amide bonds. The number of nitrogen functional groups attached to an aromatic ring is 1. The highest BCUT2D eigenvalue weighted by Gasteiger charge is 2.26. The molecule has 0 bridgehead atoms. The zero-order valence-electron chi connectivity index (χ0n) is 11.0. The number of nitro groups is 1. The van der Waals surface area contributed by atoms with Gasteiger partial charge in [-0.1, -0.05) is 0 Å². The number of nitrogens with zero attached hydrogens (tertiary/aromatic N) is 2. The maximum absolute atomic E-state index is 13.5. The van der Waals surface area contributed by atoms with Crippen molar-refractivity contribution in [2.75, 3.05) is 31.7 Å². The number of amides is 1. The van der Waals surface area contributed by atoms with E-state index in [2.05, 4.69) is 0 Å². The third-order valence-corrected chi connectivity index (χ3v) is 2.70. The minimum atomic E-state index is -0.975. The summed E-state index contributed by atoms with van der Waals surface area (Å²) in [7, 11) is 0. The number of benzene rings is 1. The molecular formula is C11H15FN4O5. The molecule has 0 aromatic heterocycles. The Morgan fingerprint density at radius 2 is 1.95 bits per heavy atom. The molecule has 0 heterocycles. The maximum atomic E-state index is 13.5. The Morgan fingerprint density at radius 1 is 1.38 bits per heavy atom. The van der Waals surface area contributed by atoms with Gasteiger partial charge in [-0.15, -0.1) is 0 Å². The Kier molecular flexibility index (Phi) is 5.96. The van der Waals surface area contributed by atoms with Crippen molar-refractivity contribution < 1.29 is 24.3 Å². The number of aliphatic hydroxyl groups excluding tert-OH is 2. The molecule has 1 aromatic carbocycles. The van der Waals surface area contributed by atoms with Gasteiger partial charge in [0.15, 0.2) is 5.82 Å². The lowest BCUT2D eigenvalue weighted by Crippen LogP contribution is -2.36. The van der Waals surface area contributed by atoms with Crippen LogP contribution in [-0.2, 0) is 0 Å². The first-order valence-electron chi connectivity index (χ1n) is 5.91. The van der Waals surface area contributed by atoms with Crippen LogP contribution in [0.25, 0.3) is 0 Å². The fraction of sp³-hybridized carbons (Fsp3) is 0.364. The Balaban J connectivity index is 3.31. The Hall–Kier alpha value is -2.30. The number of carbonyl (C=O) groups is 1. The average molecular weight is 302 g/mol. The predicted octanol–water partition coefficient (Wildman–Crippen LogP) is -0.554. The van der Waals surface area contributed by atoms with Gasteiger partial charge in [-0.25, -0.2) is 4.39 Å². The van der Waals surface area contributed by atoms with Gasteiger partial charge in [0.25, 0.3) is 11.6 Å². The molecule has 0 saturated heterocycles. The largest absolute Gasteiger partial charge is 0.395 e. The number of carbonyl (C=O) groups excluding carboxylic acids is 1. The predicted molar refractivity (Wildman–Crippen MR) is 70.9 cm³/mol. The Morgan fingerprint density at radius 3 is 2.38 bits per heavy atom. The number of hydrogen-bond acceptors (Lipinski definition) is 7. The fourth-order valence-electron chi connectivity index (χ4n) is 1.72. The lowest BCUT2D eigenvalue weighted by atomic mass is 10.1. The van der Waals surface area contributed by atoms with Gasteiger partial charge < -0.3 is 20.5 Å². The van der Waals surface area contributed by atoms with Crippen LogP contribution in [0.3, 0.4) is 0 Å². The van der Waals surface area contributed by atoms with Crippen LogP contribution in [0.2, 0.25) is 0 Å². The standard InChI is InChI=1S/C11H15FN4O5/c12-8-6-10(16(20)21)7(5-9(8)14-13)11(19)15(1-3-17)2-4-18/h5-6,14,17-18H,1-4,13H2. The second kappa shape index (κ2) is 7.47. The SMILES string of the molecule is NNc1cc(C(=O)N(CCO)CCO)c([N+](=O)[O-])cc1F. The van der Waals surface area contributed by atoms with E-state index in [0.717, 1.165) is 11.0 Å². The van der Waals surface area contributed by atoms with Crippen LogP contribution in [0.5, 0.6) is 0 Å². The van der Waals surface area contributed by atoms with E-state index >= 15 is 0 Å². The quantitative estimate of drug-likeness (QED) is 0.300. The zero-order chi connectivity index (χ0) is 16.0. The lowest BCUT2D eigenvalue weighted by molar-refractivity contribution is -0.385. The summed E-state index contributed by atoms with van der Waals surface area (Å²) < 4.78 is 13.5. The summed E-state index contributed by atoms with van der Waals surface area (Å²) >= 11 is 0. The molecule has 9 nitrogen and oxygen atoms in total. The van der Waals surface area contributed by atoms with Crippen LogP contribution in [0.15, 0.2) is 12.1 Å². The summed E-state index contributed by atoms with van der Waals surface area (Å²) in [6.45, 7) is -1.02. The molecule has 0 atom stereocenters. The lowest BCUT2D eigenvalue weighted by Gasteiger charge is -2.21. The van der Waals surface area contributed by atoms with Gasteiger partial charge in [0.1, 0.15) is 5.56 Å². The van der Waals surface area contributed by atoms with Gasteiger partial charge in [-0.2, -0.15) is 0 Å². The third-order valence-electron chi connectivity index (χ3n) is 2.70. The van der Waals surface area contributed by atoms with Crippen molar-refractivity contribution in [1.29, 1.82) is 0 Å². The number of hydrogen-bond donors (Lipinski definition) is 4. The molecule has 1 aromatic rings. The molecule has 0 spiro atoms. The van der Waals surface area contributed by atoms with Crippen molar-refractivity contribution in [3.05, 3.63) is 33.6 Å². The van der Waals surface area contributed by atoms with Crippen LogP contribution in [0, 0.1) is 15.9 Å². The first kappa shape index (κ1) is 16.8. The van der Waals surface area contributed by atoms with Crippen molar-refractivity contribution in [2.45, 2.75) is 0 Å². The average Bonchev–Trinajstić information content (AvgIpc) is 2.45. The number of halogens is 1. The van der Waals surface area contributed by atoms with Gasteiger partial charge in [-0.05, 0) is 6.07 Å². The molecule has 0 aliphatic heterocycles. The molecular weight excluding hydrogens is 287 g/mol. The fourth-order valence-corrected chi connectivity index (χ4v) is 1.72. The summed E-state index contributed by atoms with van der Waals surface area (Å²) in [5, 5.41) is 28.7. The molecule has 0 aliphatic carbocycles. The molecule has 0 aliphatic rings. The summed E-state index contributed by atoms with van der Waals surface area (Å²) in [6, 6.07) is 1.50. The van der Waals surface area contributed by atoms with Crippen molar-refractivity contribution in [1.82, 2.24) is 4.90 Å². The first-order chi connectivity index (χ1) is 9.96. The van der Waals surface area contributed by atoms with Crippen molar-refractivity contribution in [3.63, 3.8) is 0 Å². The first-order valence-corrected chi connectivity index (χ1v) is 5.91. The van der Waals surface area contributed by atoms with Gasteiger partial charge in [0, 0.05) is 13.1 Å². The molecule has 0 fully saturated rings. The van der Waals surface area contributed by atoms with E-state index in [-0.39, 0.29) is 32.0 Å². The summed E-state index contributed by atoms with van der Waals surface area (Å²) in [5.74, 6) is 3.28. The van der Waals surface area contributed by atoms with E-state index in [1.165, 1.54) is 0 Å². The number of anilines is 1. The van der Waals surface area contributed by atoms with E-state index in [4.69, 9.17) is 16.1 Å². The van der Waals surface area contributed by atoms with Crippen LogP contribution in [0.4, 0.5) is 15.8 Å². The molecule has 5 N–H and O–H groups in total. The van der Waals surface area contributed by atoms with Gasteiger partial charge in [0.2, 0.25) is 0 Å². The summed E-state index contributed by atoms with van der Waals surface area (Å²) in [6.07, 6.45) is 0. The number of rotatable bonds is 7. The Labute approximate surface area is 118 Å². The highest BCUT2D eigenvalue weighted by Crippen LogP contribution is 2.26. The normalized spacial score (nSPS) is 10.3. The molecule has 116 valence electrons. The number of hydrazine groups is 1. The van der Waals surface area contributed by atoms with E-state index in [1.54, 1.807) is 0 Å². The van der Waals surface area contributed by atoms with Crippen molar-refractivity contribution >= 4 is 17.3 Å².